The number of nitrogens with zero attached hydrogens (tertiary/aromatic N) is 1. The summed E-state index contributed by atoms with van der Waals surface area (Å²) in [4.78, 5) is 15.1. The number of carboxylic acids is 1. The van der Waals surface area contributed by atoms with E-state index in [1.165, 1.54) is 13.2 Å². The first-order valence-corrected chi connectivity index (χ1v) is 6.23. The van der Waals surface area contributed by atoms with E-state index in [9.17, 15) is 4.79 Å². The van der Waals surface area contributed by atoms with Crippen LogP contribution in [0.5, 0.6) is 5.75 Å². The van der Waals surface area contributed by atoms with E-state index in [2.05, 4.69) is 4.98 Å². The van der Waals surface area contributed by atoms with Crippen LogP contribution in [0.2, 0.25) is 0 Å². The first-order chi connectivity index (χ1) is 9.65. The fourth-order valence-electron chi connectivity index (χ4n) is 1.93. The van der Waals surface area contributed by atoms with E-state index in [4.69, 9.17) is 15.6 Å². The molecule has 0 fully saturated rings. The van der Waals surface area contributed by atoms with Crippen molar-refractivity contribution >= 4 is 5.97 Å². The number of pyridine rings is 1. The maximum atomic E-state index is 11.0. The van der Waals surface area contributed by atoms with Crippen molar-refractivity contribution < 1.29 is 14.6 Å². The molecular formula is C15H16N2O3. The Morgan fingerprint density at radius 3 is 2.50 bits per heavy atom. The van der Waals surface area contributed by atoms with Crippen LogP contribution in [-0.4, -0.2) is 29.7 Å². The third kappa shape index (κ3) is 2.95. The van der Waals surface area contributed by atoms with Gasteiger partial charge in [-0.2, -0.15) is 0 Å². The van der Waals surface area contributed by atoms with Gasteiger partial charge >= 0.3 is 5.97 Å². The highest BCUT2D eigenvalue weighted by atomic mass is 16.5. The fourth-order valence-corrected chi connectivity index (χ4v) is 1.93. The summed E-state index contributed by atoms with van der Waals surface area (Å²) in [6.07, 6.45) is 0.806. The van der Waals surface area contributed by atoms with Gasteiger partial charge in [-0.25, -0.2) is 9.78 Å². The minimum Gasteiger partial charge on any atom is -0.494 e. The summed E-state index contributed by atoms with van der Waals surface area (Å²) in [6.45, 7) is 0.593. The summed E-state index contributed by atoms with van der Waals surface area (Å²) >= 11 is 0. The second-order valence-corrected chi connectivity index (χ2v) is 4.29. The van der Waals surface area contributed by atoms with Crippen LogP contribution in [0.1, 0.15) is 16.1 Å². The van der Waals surface area contributed by atoms with Crippen molar-refractivity contribution in [2.75, 3.05) is 13.7 Å². The zero-order valence-corrected chi connectivity index (χ0v) is 11.2. The molecule has 104 valence electrons. The van der Waals surface area contributed by atoms with Crippen molar-refractivity contribution in [1.82, 2.24) is 4.98 Å². The maximum absolute atomic E-state index is 11.0. The van der Waals surface area contributed by atoms with Crippen molar-refractivity contribution in [2.45, 2.75) is 6.42 Å². The summed E-state index contributed by atoms with van der Waals surface area (Å²) in [7, 11) is 1.53. The lowest BCUT2D eigenvalue weighted by atomic mass is 10.1. The molecule has 0 saturated heterocycles. The van der Waals surface area contributed by atoms with Crippen molar-refractivity contribution in [3.8, 4) is 17.0 Å². The Kier molecular flexibility index (Phi) is 4.32. The molecule has 0 saturated carbocycles. The zero-order chi connectivity index (χ0) is 14.5. The molecule has 0 aliphatic carbocycles. The monoisotopic (exact) mass is 272 g/mol. The molecule has 1 heterocycles. The summed E-state index contributed by atoms with van der Waals surface area (Å²) in [5.41, 5.74) is 7.96. The quantitative estimate of drug-likeness (QED) is 0.869. The molecule has 1 aromatic heterocycles. The summed E-state index contributed by atoms with van der Waals surface area (Å²) in [5.74, 6) is -0.518. The average Bonchev–Trinajstić information content (AvgIpc) is 2.47. The van der Waals surface area contributed by atoms with Gasteiger partial charge in [-0.3, -0.25) is 0 Å². The number of aromatic nitrogens is 1. The van der Waals surface area contributed by atoms with Crippen LogP contribution in [0.25, 0.3) is 11.3 Å². The molecule has 0 atom stereocenters. The highest BCUT2D eigenvalue weighted by molar-refractivity contribution is 5.86. The molecular weight excluding hydrogens is 256 g/mol. The lowest BCUT2D eigenvalue weighted by molar-refractivity contribution is 0.0690. The van der Waals surface area contributed by atoms with Crippen molar-refractivity contribution in [3.63, 3.8) is 0 Å². The Labute approximate surface area is 117 Å². The van der Waals surface area contributed by atoms with E-state index in [1.807, 2.05) is 24.3 Å². The van der Waals surface area contributed by atoms with Gasteiger partial charge in [-0.05, 0) is 30.7 Å². The van der Waals surface area contributed by atoms with Gasteiger partial charge in [-0.15, -0.1) is 0 Å². The largest absolute Gasteiger partial charge is 0.494 e. The number of aromatic carboxylic acids is 1. The Morgan fingerprint density at radius 2 is 1.95 bits per heavy atom. The number of methoxy groups -OCH3 is 1. The van der Waals surface area contributed by atoms with Crippen LogP contribution in [0.4, 0.5) is 0 Å². The predicted octanol–water partition coefficient (Wildman–Crippen LogP) is 1.96. The highest BCUT2D eigenvalue weighted by Gasteiger charge is 2.12. The second kappa shape index (κ2) is 6.16. The van der Waals surface area contributed by atoms with Crippen molar-refractivity contribution in [1.29, 1.82) is 0 Å². The van der Waals surface area contributed by atoms with Crippen LogP contribution in [0.15, 0.2) is 36.4 Å². The van der Waals surface area contributed by atoms with Gasteiger partial charge in [0.2, 0.25) is 0 Å². The van der Waals surface area contributed by atoms with Crippen molar-refractivity contribution in [2.24, 2.45) is 5.73 Å². The molecule has 0 spiro atoms. The number of benzene rings is 1. The first kappa shape index (κ1) is 14.0. The number of carboxylic acid groups (broad SMARTS) is 1. The van der Waals surface area contributed by atoms with E-state index in [0.29, 0.717) is 18.0 Å². The second-order valence-electron chi connectivity index (χ2n) is 4.29. The minimum atomic E-state index is -1.06. The molecule has 0 aliphatic rings. The Hall–Kier alpha value is -2.40. The van der Waals surface area contributed by atoms with Crippen LogP contribution in [0.3, 0.4) is 0 Å². The standard InChI is InChI=1S/C15H16N2O3/c1-20-13-7-6-12(15(18)19)17-14(13)11-4-2-10(3-5-11)8-9-16/h2-7H,8-9,16H2,1H3,(H,18,19). The number of hydrogen-bond acceptors (Lipinski definition) is 4. The predicted molar refractivity (Wildman–Crippen MR) is 75.9 cm³/mol. The molecule has 0 amide bonds. The van der Waals surface area contributed by atoms with Gasteiger partial charge in [0, 0.05) is 5.56 Å². The van der Waals surface area contributed by atoms with Crippen LogP contribution >= 0.6 is 0 Å². The number of hydrogen-bond donors (Lipinski definition) is 2. The number of rotatable bonds is 5. The summed E-state index contributed by atoms with van der Waals surface area (Å²) in [5, 5.41) is 9.02. The molecule has 0 aliphatic heterocycles. The van der Waals surface area contributed by atoms with E-state index in [-0.39, 0.29) is 5.69 Å². The van der Waals surface area contributed by atoms with Gasteiger partial charge in [0.25, 0.3) is 0 Å². The number of nitrogens with two attached hydrogens (primary N) is 1. The van der Waals surface area contributed by atoms with Gasteiger partial charge in [0.1, 0.15) is 17.1 Å². The molecule has 2 aromatic rings. The molecule has 20 heavy (non-hydrogen) atoms. The summed E-state index contributed by atoms with van der Waals surface area (Å²) < 4.78 is 5.24. The van der Waals surface area contributed by atoms with Crippen molar-refractivity contribution in [3.05, 3.63) is 47.7 Å². The lowest BCUT2D eigenvalue weighted by Crippen LogP contribution is -2.03. The zero-order valence-electron chi connectivity index (χ0n) is 11.2. The number of carbonyl (C=O) groups is 1. The number of ether oxygens (including phenoxy) is 1. The SMILES string of the molecule is COc1ccc(C(=O)O)nc1-c1ccc(CCN)cc1. The molecule has 0 radical (unpaired) electrons. The normalized spacial score (nSPS) is 10.3. The molecule has 2 rings (SSSR count). The molecule has 0 bridgehead atoms. The molecule has 5 heteroatoms. The Morgan fingerprint density at radius 1 is 1.25 bits per heavy atom. The van der Waals surface area contributed by atoms with E-state index < -0.39 is 5.97 Å². The fraction of sp³-hybridized carbons (Fsp3) is 0.200. The van der Waals surface area contributed by atoms with Gasteiger partial charge in [-0.1, -0.05) is 24.3 Å². The molecule has 3 N–H and O–H groups in total. The topological polar surface area (TPSA) is 85.4 Å². The van der Waals surface area contributed by atoms with Gasteiger partial charge in [0.05, 0.1) is 7.11 Å². The smallest absolute Gasteiger partial charge is 0.354 e. The van der Waals surface area contributed by atoms with Gasteiger partial charge < -0.3 is 15.6 Å². The maximum Gasteiger partial charge on any atom is 0.354 e. The van der Waals surface area contributed by atoms with E-state index in [1.54, 1.807) is 6.07 Å². The van der Waals surface area contributed by atoms with E-state index in [0.717, 1.165) is 17.5 Å². The summed E-state index contributed by atoms with van der Waals surface area (Å²) in [6, 6.07) is 10.7. The first-order valence-electron chi connectivity index (χ1n) is 6.23. The highest BCUT2D eigenvalue weighted by Crippen LogP contribution is 2.28. The Balaban J connectivity index is 2.43. The molecule has 1 aromatic carbocycles. The minimum absolute atomic E-state index is 0.00756. The molecule has 5 nitrogen and oxygen atoms in total. The van der Waals surface area contributed by atoms with Crippen LogP contribution < -0.4 is 10.5 Å². The lowest BCUT2D eigenvalue weighted by Gasteiger charge is -2.09. The molecule has 0 unspecified atom stereocenters. The Bertz CT molecular complexity index is 609. The van der Waals surface area contributed by atoms with Crippen LogP contribution in [-0.2, 0) is 6.42 Å². The van der Waals surface area contributed by atoms with Gasteiger partial charge in [0.15, 0.2) is 0 Å². The van der Waals surface area contributed by atoms with Crippen LogP contribution in [0, 0.1) is 0 Å². The van der Waals surface area contributed by atoms with E-state index >= 15 is 0 Å². The third-order valence-corrected chi connectivity index (χ3v) is 2.96. The average molecular weight is 272 g/mol. The third-order valence-electron chi connectivity index (χ3n) is 2.96.